The molecule has 0 bridgehead atoms. The quantitative estimate of drug-likeness (QED) is 0.522. The third kappa shape index (κ3) is 1.59. The van der Waals surface area contributed by atoms with Gasteiger partial charge in [-0.3, -0.25) is 14.5 Å². The Labute approximate surface area is 92.2 Å². The normalized spacial score (nSPS) is 29.6. The van der Waals surface area contributed by atoms with Gasteiger partial charge in [-0.2, -0.15) is 0 Å². The van der Waals surface area contributed by atoms with Gasteiger partial charge < -0.3 is 9.84 Å². The summed E-state index contributed by atoms with van der Waals surface area (Å²) in [5, 5.41) is 9.03. The van der Waals surface area contributed by atoms with Crippen LogP contribution in [0, 0.1) is 5.92 Å². The van der Waals surface area contributed by atoms with Crippen molar-refractivity contribution in [2.75, 3.05) is 0 Å². The molecule has 2 fully saturated rings. The molecule has 2 unspecified atom stereocenters. The summed E-state index contributed by atoms with van der Waals surface area (Å²) in [6, 6.07) is -1.06. The van der Waals surface area contributed by atoms with Crippen molar-refractivity contribution < 1.29 is 24.2 Å². The van der Waals surface area contributed by atoms with Crippen LogP contribution < -0.4 is 0 Å². The Kier molecular flexibility index (Phi) is 2.46. The first-order valence-corrected chi connectivity index (χ1v) is 5.18. The number of fused-ring (bicyclic) bond motifs is 1. The van der Waals surface area contributed by atoms with Crippen LogP contribution in [0.3, 0.4) is 0 Å². The number of likely N-dealkylation sites (tertiary alicyclic amines) is 1. The topological polar surface area (TPSA) is 87.2 Å². The van der Waals surface area contributed by atoms with Crippen LogP contribution in [0.15, 0.2) is 0 Å². The molecule has 0 aromatic heterocycles. The first kappa shape index (κ1) is 11.1. The summed E-state index contributed by atoms with van der Waals surface area (Å²) < 4.78 is 4.81. The van der Waals surface area contributed by atoms with E-state index in [2.05, 4.69) is 0 Å². The summed E-state index contributed by atoms with van der Waals surface area (Å²) in [4.78, 5) is 35.1. The average Bonchev–Trinajstić information content (AvgIpc) is 2.90. The maximum atomic E-state index is 11.6. The van der Waals surface area contributed by atoms with Crippen molar-refractivity contribution in [1.82, 2.24) is 4.90 Å². The minimum atomic E-state index is -1.14. The van der Waals surface area contributed by atoms with Crippen LogP contribution in [0.4, 0.5) is 0 Å². The number of rotatable bonds is 4. The smallest absolute Gasteiger partial charge is 0.326 e. The van der Waals surface area contributed by atoms with E-state index in [1.807, 2.05) is 13.8 Å². The van der Waals surface area contributed by atoms with Crippen molar-refractivity contribution >= 4 is 17.8 Å². The molecule has 2 heterocycles. The van der Waals surface area contributed by atoms with E-state index in [0.29, 0.717) is 0 Å². The van der Waals surface area contributed by atoms with E-state index in [9.17, 15) is 14.4 Å². The number of hydrogen-bond acceptors (Lipinski definition) is 4. The van der Waals surface area contributed by atoms with Crippen LogP contribution in [0.2, 0.25) is 0 Å². The zero-order valence-corrected chi connectivity index (χ0v) is 9.04. The fraction of sp³-hybridized carbons (Fsp3) is 0.700. The van der Waals surface area contributed by atoms with Gasteiger partial charge in [0.2, 0.25) is 0 Å². The summed E-state index contributed by atoms with van der Waals surface area (Å²) in [6.45, 7) is 3.69. The number of aliphatic carboxylic acids is 1. The van der Waals surface area contributed by atoms with Crippen molar-refractivity contribution in [3.8, 4) is 0 Å². The van der Waals surface area contributed by atoms with Crippen molar-refractivity contribution in [2.45, 2.75) is 38.5 Å². The van der Waals surface area contributed by atoms with Gasteiger partial charge in [-0.05, 0) is 12.3 Å². The number of carbonyl (C=O) groups excluding carboxylic acids is 2. The number of carboxylic acids is 1. The highest BCUT2D eigenvalue weighted by Crippen LogP contribution is 2.35. The summed E-state index contributed by atoms with van der Waals surface area (Å²) in [5.41, 5.74) is 0. The second-order valence-electron chi connectivity index (χ2n) is 4.51. The lowest BCUT2D eigenvalue weighted by Gasteiger charge is -2.24. The number of ether oxygens (including phenoxy) is 1. The zero-order chi connectivity index (χ0) is 12.0. The number of hydrogen-bond donors (Lipinski definition) is 1. The van der Waals surface area contributed by atoms with Crippen LogP contribution in [0.5, 0.6) is 0 Å². The monoisotopic (exact) mass is 227 g/mol. The molecule has 88 valence electrons. The first-order chi connectivity index (χ1) is 7.43. The van der Waals surface area contributed by atoms with Gasteiger partial charge in [0.05, 0.1) is 0 Å². The Morgan fingerprint density at radius 2 is 1.88 bits per heavy atom. The van der Waals surface area contributed by atoms with Crippen LogP contribution in [-0.2, 0) is 19.1 Å². The molecule has 0 saturated carbocycles. The molecule has 0 aliphatic carbocycles. The van der Waals surface area contributed by atoms with Gasteiger partial charge in [0.15, 0.2) is 12.2 Å². The minimum absolute atomic E-state index is 0.0968. The lowest BCUT2D eigenvalue weighted by Crippen LogP contribution is -2.48. The zero-order valence-electron chi connectivity index (χ0n) is 9.04. The second kappa shape index (κ2) is 3.55. The highest BCUT2D eigenvalue weighted by Gasteiger charge is 2.63. The lowest BCUT2D eigenvalue weighted by molar-refractivity contribution is -0.158. The molecule has 6 nitrogen and oxygen atoms in total. The summed E-state index contributed by atoms with van der Waals surface area (Å²) in [5.74, 6) is -2.07. The van der Waals surface area contributed by atoms with Gasteiger partial charge in [0.25, 0.3) is 11.8 Å². The summed E-state index contributed by atoms with van der Waals surface area (Å²) in [6.07, 6.45) is -1.17. The SMILES string of the molecule is CC(C)C[C@@H](C(=O)O)N1C(=O)C2OC2C1=O. The van der Waals surface area contributed by atoms with Crippen LogP contribution in [0.1, 0.15) is 20.3 Å². The number of carbonyl (C=O) groups is 3. The highest BCUT2D eigenvalue weighted by molar-refractivity contribution is 6.13. The van der Waals surface area contributed by atoms with E-state index in [0.717, 1.165) is 4.90 Å². The number of morpholine rings is 1. The highest BCUT2D eigenvalue weighted by atomic mass is 16.6. The van der Waals surface area contributed by atoms with E-state index < -0.39 is 36.0 Å². The minimum Gasteiger partial charge on any atom is -0.480 e. The van der Waals surface area contributed by atoms with Crippen LogP contribution >= 0.6 is 0 Å². The Morgan fingerprint density at radius 3 is 2.25 bits per heavy atom. The van der Waals surface area contributed by atoms with Gasteiger partial charge in [0, 0.05) is 0 Å². The standard InChI is InChI=1S/C10H13NO5/c1-4(2)3-5(10(14)15)11-8(12)6-7(16-6)9(11)13/h4-7H,3H2,1-2H3,(H,14,15)/t5-,6?,7?/m0/s1. The molecule has 0 aromatic rings. The van der Waals surface area contributed by atoms with E-state index in [-0.39, 0.29) is 12.3 Å². The van der Waals surface area contributed by atoms with E-state index in [4.69, 9.17) is 9.84 Å². The molecule has 16 heavy (non-hydrogen) atoms. The molecule has 2 aliphatic rings. The van der Waals surface area contributed by atoms with Crippen LogP contribution in [-0.4, -0.2) is 46.0 Å². The molecular weight excluding hydrogens is 214 g/mol. The number of epoxide rings is 1. The molecule has 2 amide bonds. The van der Waals surface area contributed by atoms with Gasteiger partial charge in [-0.1, -0.05) is 13.8 Å². The molecule has 6 heteroatoms. The first-order valence-electron chi connectivity index (χ1n) is 5.18. The maximum absolute atomic E-state index is 11.6. The van der Waals surface area contributed by atoms with E-state index in [1.54, 1.807) is 0 Å². The summed E-state index contributed by atoms with van der Waals surface area (Å²) in [7, 11) is 0. The molecule has 0 radical (unpaired) electrons. The van der Waals surface area contributed by atoms with Gasteiger partial charge >= 0.3 is 5.97 Å². The van der Waals surface area contributed by atoms with Gasteiger partial charge in [-0.25, -0.2) is 4.79 Å². The average molecular weight is 227 g/mol. The molecular formula is C10H13NO5. The fourth-order valence-electron chi connectivity index (χ4n) is 1.94. The Hall–Kier alpha value is -1.43. The number of imide groups is 1. The predicted molar refractivity (Wildman–Crippen MR) is 51.4 cm³/mol. The van der Waals surface area contributed by atoms with Gasteiger partial charge in [-0.15, -0.1) is 0 Å². The van der Waals surface area contributed by atoms with Crippen LogP contribution in [0.25, 0.3) is 0 Å². The lowest BCUT2D eigenvalue weighted by atomic mass is 10.0. The van der Waals surface area contributed by atoms with E-state index >= 15 is 0 Å². The Morgan fingerprint density at radius 1 is 1.38 bits per heavy atom. The molecule has 2 aliphatic heterocycles. The molecule has 1 N–H and O–H groups in total. The molecule has 2 rings (SSSR count). The molecule has 0 aromatic carbocycles. The number of carboxylic acid groups (broad SMARTS) is 1. The number of amides is 2. The molecule has 0 spiro atoms. The summed E-state index contributed by atoms with van der Waals surface area (Å²) >= 11 is 0. The Bertz CT molecular complexity index is 344. The van der Waals surface area contributed by atoms with Crippen molar-refractivity contribution in [2.24, 2.45) is 5.92 Å². The fourth-order valence-corrected chi connectivity index (χ4v) is 1.94. The second-order valence-corrected chi connectivity index (χ2v) is 4.51. The maximum Gasteiger partial charge on any atom is 0.326 e. The molecule has 3 atom stereocenters. The largest absolute Gasteiger partial charge is 0.480 e. The Balaban J connectivity index is 2.17. The third-order valence-corrected chi connectivity index (χ3v) is 2.74. The van der Waals surface area contributed by atoms with Crippen molar-refractivity contribution in [1.29, 1.82) is 0 Å². The van der Waals surface area contributed by atoms with E-state index in [1.165, 1.54) is 0 Å². The predicted octanol–water partition coefficient (Wildman–Crippen LogP) is -0.378. The number of nitrogens with zero attached hydrogens (tertiary/aromatic N) is 1. The third-order valence-electron chi connectivity index (χ3n) is 2.74. The van der Waals surface area contributed by atoms with Crippen molar-refractivity contribution in [3.05, 3.63) is 0 Å². The molecule has 2 saturated heterocycles. The van der Waals surface area contributed by atoms with Crippen molar-refractivity contribution in [3.63, 3.8) is 0 Å². The van der Waals surface area contributed by atoms with Gasteiger partial charge in [0.1, 0.15) is 6.04 Å².